The van der Waals surface area contributed by atoms with Crippen LogP contribution in [-0.2, 0) is 29.0 Å². The number of hydrogen-bond donors (Lipinski definition) is 0. The van der Waals surface area contributed by atoms with Crippen LogP contribution in [0.2, 0.25) is 0 Å². The minimum atomic E-state index is -0.315. The van der Waals surface area contributed by atoms with Gasteiger partial charge in [-0.2, -0.15) is 10.2 Å². The molecule has 8 nitrogen and oxygen atoms in total. The van der Waals surface area contributed by atoms with Gasteiger partial charge in [0.2, 0.25) is 5.88 Å². The van der Waals surface area contributed by atoms with Gasteiger partial charge in [0.15, 0.2) is 0 Å². The summed E-state index contributed by atoms with van der Waals surface area (Å²) in [6.07, 6.45) is 5.30. The summed E-state index contributed by atoms with van der Waals surface area (Å²) in [5, 5.41) is 8.59. The Morgan fingerprint density at radius 3 is 2.73 bits per heavy atom. The molecule has 0 fully saturated rings. The first-order chi connectivity index (χ1) is 12.6. The zero-order valence-corrected chi connectivity index (χ0v) is 15.6. The molecule has 2 heterocycles. The van der Waals surface area contributed by atoms with E-state index in [-0.39, 0.29) is 5.97 Å². The summed E-state index contributed by atoms with van der Waals surface area (Å²) in [6.45, 7) is 7.67. The third-order valence-electron chi connectivity index (χ3n) is 4.03. The molecule has 2 rings (SSSR count). The molecule has 0 saturated carbocycles. The molecule has 0 spiro atoms. The second-order valence-electron chi connectivity index (χ2n) is 5.93. The van der Waals surface area contributed by atoms with Gasteiger partial charge >= 0.3 is 5.97 Å². The molecule has 0 bridgehead atoms. The van der Waals surface area contributed by atoms with E-state index >= 15 is 0 Å². The maximum Gasteiger partial charge on any atom is 0.356 e. The molecule has 0 aliphatic carbocycles. The smallest absolute Gasteiger partial charge is 0.356 e. The van der Waals surface area contributed by atoms with Gasteiger partial charge in [-0.3, -0.25) is 9.48 Å². The summed E-state index contributed by atoms with van der Waals surface area (Å²) in [4.78, 5) is 22.7. The number of carbonyl (C=O) groups is 2. The summed E-state index contributed by atoms with van der Waals surface area (Å²) < 4.78 is 13.4. The van der Waals surface area contributed by atoms with Crippen LogP contribution in [0.15, 0.2) is 12.3 Å². The molecule has 0 aliphatic heterocycles. The molecule has 2 aromatic heterocycles. The summed E-state index contributed by atoms with van der Waals surface area (Å²) in [5.74, 6) is 0.149. The van der Waals surface area contributed by atoms with Crippen molar-refractivity contribution in [3.63, 3.8) is 0 Å². The molecule has 0 atom stereocenters. The van der Waals surface area contributed by atoms with Crippen LogP contribution in [0.25, 0.3) is 0 Å². The number of aryl methyl sites for hydroxylation is 4. The average molecular weight is 362 g/mol. The normalized spacial score (nSPS) is 10.7. The largest absolute Gasteiger partial charge is 0.461 e. The summed E-state index contributed by atoms with van der Waals surface area (Å²) in [7, 11) is 0. The number of rotatable bonds is 11. The SMILES string of the molecule is CCOC(=O)c1c(CCCCCn2nc(C)cc2OC=O)cnn1CC. The van der Waals surface area contributed by atoms with E-state index in [0.29, 0.717) is 37.7 Å². The molecule has 8 heteroatoms. The topological polar surface area (TPSA) is 88.2 Å². The summed E-state index contributed by atoms with van der Waals surface area (Å²) >= 11 is 0. The monoisotopic (exact) mass is 362 g/mol. The van der Waals surface area contributed by atoms with Crippen LogP contribution in [0, 0.1) is 6.92 Å². The second kappa shape index (κ2) is 9.74. The highest BCUT2D eigenvalue weighted by Gasteiger charge is 2.18. The molecule has 0 aromatic carbocycles. The van der Waals surface area contributed by atoms with Crippen LogP contribution >= 0.6 is 0 Å². The highest BCUT2D eigenvalue weighted by molar-refractivity contribution is 5.89. The van der Waals surface area contributed by atoms with Gasteiger partial charge in [-0.05, 0) is 40.0 Å². The molecule has 0 amide bonds. The molecule has 2 aromatic rings. The van der Waals surface area contributed by atoms with Gasteiger partial charge in [0.25, 0.3) is 6.47 Å². The third kappa shape index (κ3) is 4.93. The number of nitrogens with zero attached hydrogens (tertiary/aromatic N) is 4. The summed E-state index contributed by atoms with van der Waals surface area (Å²) in [5.41, 5.74) is 2.29. The Labute approximate surface area is 153 Å². The van der Waals surface area contributed by atoms with Crippen LogP contribution in [0.1, 0.15) is 54.9 Å². The first kappa shape index (κ1) is 19.7. The van der Waals surface area contributed by atoms with Gasteiger partial charge in [0, 0.05) is 24.7 Å². The van der Waals surface area contributed by atoms with Crippen molar-refractivity contribution in [2.75, 3.05) is 6.61 Å². The highest BCUT2D eigenvalue weighted by Crippen LogP contribution is 2.16. The number of hydrogen-bond acceptors (Lipinski definition) is 6. The minimum absolute atomic E-state index is 0.315. The van der Waals surface area contributed by atoms with Crippen LogP contribution in [0.5, 0.6) is 5.88 Å². The van der Waals surface area contributed by atoms with Crippen molar-refractivity contribution in [2.45, 2.75) is 59.5 Å². The van der Waals surface area contributed by atoms with Crippen molar-refractivity contribution in [3.05, 3.63) is 29.2 Å². The van der Waals surface area contributed by atoms with E-state index in [9.17, 15) is 9.59 Å². The maximum absolute atomic E-state index is 12.1. The predicted octanol–water partition coefficient (Wildman–Crippen LogP) is 2.53. The number of esters is 1. The van der Waals surface area contributed by atoms with Crippen LogP contribution in [0.4, 0.5) is 0 Å². The highest BCUT2D eigenvalue weighted by atomic mass is 16.5. The van der Waals surface area contributed by atoms with Gasteiger partial charge in [-0.1, -0.05) is 6.42 Å². The van der Waals surface area contributed by atoms with Crippen molar-refractivity contribution in [2.24, 2.45) is 0 Å². The third-order valence-corrected chi connectivity index (χ3v) is 4.03. The van der Waals surface area contributed by atoms with Gasteiger partial charge < -0.3 is 9.47 Å². The first-order valence-corrected chi connectivity index (χ1v) is 8.97. The van der Waals surface area contributed by atoms with E-state index in [4.69, 9.17) is 9.47 Å². The second-order valence-corrected chi connectivity index (χ2v) is 5.93. The van der Waals surface area contributed by atoms with E-state index in [2.05, 4.69) is 10.2 Å². The molecule has 0 N–H and O–H groups in total. The Bertz CT molecular complexity index is 736. The van der Waals surface area contributed by atoms with Crippen LogP contribution in [-0.4, -0.2) is 38.6 Å². The number of aromatic nitrogens is 4. The fourth-order valence-electron chi connectivity index (χ4n) is 2.86. The fraction of sp³-hybridized carbons (Fsp3) is 0.556. The van der Waals surface area contributed by atoms with E-state index in [1.54, 1.807) is 28.6 Å². The summed E-state index contributed by atoms with van der Waals surface area (Å²) in [6, 6.07) is 1.74. The van der Waals surface area contributed by atoms with Gasteiger partial charge in [-0.25, -0.2) is 9.48 Å². The lowest BCUT2D eigenvalue weighted by molar-refractivity contribution is -0.121. The van der Waals surface area contributed by atoms with Crippen molar-refractivity contribution in [1.82, 2.24) is 19.6 Å². The molecule has 0 radical (unpaired) electrons. The minimum Gasteiger partial charge on any atom is -0.461 e. The van der Waals surface area contributed by atoms with E-state index < -0.39 is 0 Å². The molecular weight excluding hydrogens is 336 g/mol. The molecule has 26 heavy (non-hydrogen) atoms. The fourth-order valence-corrected chi connectivity index (χ4v) is 2.86. The lowest BCUT2D eigenvalue weighted by atomic mass is 10.1. The van der Waals surface area contributed by atoms with E-state index in [1.165, 1.54) is 0 Å². The van der Waals surface area contributed by atoms with Crippen molar-refractivity contribution in [1.29, 1.82) is 0 Å². The quantitative estimate of drug-likeness (QED) is 0.347. The molecule has 0 saturated heterocycles. The van der Waals surface area contributed by atoms with Crippen LogP contribution < -0.4 is 4.74 Å². The standard InChI is InChI=1S/C18H26N4O4/c1-4-21-17(18(24)25-5-2)15(12-19-21)9-7-6-8-10-22-16(26-13-23)11-14(3)20-22/h11-13H,4-10H2,1-3H3. The van der Waals surface area contributed by atoms with Crippen LogP contribution in [0.3, 0.4) is 0 Å². The van der Waals surface area contributed by atoms with Crippen molar-refractivity contribution < 1.29 is 19.1 Å². The Morgan fingerprint density at radius 2 is 2.04 bits per heavy atom. The molecular formula is C18H26N4O4. The zero-order valence-electron chi connectivity index (χ0n) is 15.6. The molecule has 0 aliphatic rings. The maximum atomic E-state index is 12.1. The first-order valence-electron chi connectivity index (χ1n) is 8.97. The van der Waals surface area contributed by atoms with E-state index in [0.717, 1.165) is 36.9 Å². The van der Waals surface area contributed by atoms with Gasteiger partial charge in [0.05, 0.1) is 18.5 Å². The predicted molar refractivity (Wildman–Crippen MR) is 95.1 cm³/mol. The Morgan fingerprint density at radius 1 is 1.23 bits per heavy atom. The Kier molecular flexibility index (Phi) is 7.37. The van der Waals surface area contributed by atoms with Gasteiger partial charge in [0.1, 0.15) is 5.69 Å². The van der Waals surface area contributed by atoms with E-state index in [1.807, 2.05) is 13.8 Å². The lowest BCUT2D eigenvalue weighted by Crippen LogP contribution is -2.14. The Hall–Kier alpha value is -2.64. The molecule has 142 valence electrons. The lowest BCUT2D eigenvalue weighted by Gasteiger charge is -2.08. The number of carbonyl (C=O) groups excluding carboxylic acids is 2. The molecule has 0 unspecified atom stereocenters. The van der Waals surface area contributed by atoms with Crippen molar-refractivity contribution in [3.8, 4) is 5.88 Å². The Balaban J connectivity index is 1.86. The zero-order chi connectivity index (χ0) is 18.9. The van der Waals surface area contributed by atoms with Gasteiger partial charge in [-0.15, -0.1) is 0 Å². The number of ether oxygens (including phenoxy) is 2. The average Bonchev–Trinajstić information content (AvgIpc) is 3.18. The van der Waals surface area contributed by atoms with Crippen molar-refractivity contribution >= 4 is 12.4 Å². The number of unbranched alkanes of at least 4 members (excludes halogenated alkanes) is 2.